The number of carbonyl (C=O) groups excluding carboxylic acids is 2. The van der Waals surface area contributed by atoms with Crippen LogP contribution in [0.25, 0.3) is 32.3 Å². The van der Waals surface area contributed by atoms with E-state index in [1.165, 1.54) is 11.5 Å². The molecule has 0 fully saturated rings. The molecule has 196 valence electrons. The van der Waals surface area contributed by atoms with Gasteiger partial charge in [-0.05, 0) is 82.9 Å². The summed E-state index contributed by atoms with van der Waals surface area (Å²) in [5.74, 6) is 0.446. The highest BCUT2D eigenvalue weighted by Gasteiger charge is 2.15. The molecular weight excluding hydrogens is 488 g/mol. The number of ether oxygens (including phenoxy) is 3. The van der Waals surface area contributed by atoms with Crippen LogP contribution in [-0.2, 0) is 9.53 Å². The lowest BCUT2D eigenvalue weighted by atomic mass is 9.94. The average Bonchev–Trinajstić information content (AvgIpc) is 2.98. The maximum atomic E-state index is 13.1. The number of esters is 2. The van der Waals surface area contributed by atoms with E-state index < -0.39 is 5.97 Å². The lowest BCUT2D eigenvalue weighted by Crippen LogP contribution is -2.09. The summed E-state index contributed by atoms with van der Waals surface area (Å²) >= 11 is 0. The molecule has 0 bridgehead atoms. The van der Waals surface area contributed by atoms with Crippen LogP contribution in [0.1, 0.15) is 36.0 Å². The fourth-order valence-electron chi connectivity index (χ4n) is 4.83. The highest BCUT2D eigenvalue weighted by Crippen LogP contribution is 2.39. The van der Waals surface area contributed by atoms with Crippen LogP contribution in [0, 0.1) is 0 Å². The predicted molar refractivity (Wildman–Crippen MR) is 155 cm³/mol. The first kappa shape index (κ1) is 26.0. The minimum atomic E-state index is -0.413. The normalized spacial score (nSPS) is 11.0. The minimum absolute atomic E-state index is 0.384. The van der Waals surface area contributed by atoms with E-state index in [0.29, 0.717) is 30.3 Å². The maximum absolute atomic E-state index is 13.1. The SMILES string of the molecule is C=CC(=O)OCCCCCCOc1ccc(C(=O)Oc2cccc3c4ccccc4c4ccccc4c23)cc1. The molecule has 0 aliphatic heterocycles. The number of hydrogen-bond donors (Lipinski definition) is 0. The molecule has 5 nitrogen and oxygen atoms in total. The van der Waals surface area contributed by atoms with E-state index in [4.69, 9.17) is 14.2 Å². The van der Waals surface area contributed by atoms with Crippen molar-refractivity contribution in [1.29, 1.82) is 0 Å². The van der Waals surface area contributed by atoms with Gasteiger partial charge in [-0.15, -0.1) is 0 Å². The molecular formula is C34H30O5. The van der Waals surface area contributed by atoms with Gasteiger partial charge in [0.05, 0.1) is 18.8 Å². The summed E-state index contributed by atoms with van der Waals surface area (Å²) in [4.78, 5) is 24.1. The fourth-order valence-corrected chi connectivity index (χ4v) is 4.83. The van der Waals surface area contributed by atoms with E-state index in [0.717, 1.165) is 52.6 Å². The summed E-state index contributed by atoms with van der Waals surface area (Å²) < 4.78 is 16.7. The predicted octanol–water partition coefficient (Wildman–Crippen LogP) is 8.03. The number of carbonyl (C=O) groups is 2. The summed E-state index contributed by atoms with van der Waals surface area (Å²) in [5, 5.41) is 6.46. The van der Waals surface area contributed by atoms with Crippen molar-refractivity contribution >= 4 is 44.3 Å². The van der Waals surface area contributed by atoms with Gasteiger partial charge in [0.15, 0.2) is 0 Å². The van der Waals surface area contributed by atoms with E-state index in [1.54, 1.807) is 24.3 Å². The minimum Gasteiger partial charge on any atom is -0.494 e. The third-order valence-corrected chi connectivity index (χ3v) is 6.74. The summed E-state index contributed by atoms with van der Waals surface area (Å²) in [6, 6.07) is 29.4. The maximum Gasteiger partial charge on any atom is 0.343 e. The monoisotopic (exact) mass is 518 g/mol. The number of rotatable bonds is 11. The Morgan fingerprint density at radius 3 is 1.85 bits per heavy atom. The molecule has 0 unspecified atom stereocenters. The van der Waals surface area contributed by atoms with Gasteiger partial charge >= 0.3 is 11.9 Å². The summed E-state index contributed by atoms with van der Waals surface area (Å²) in [5.41, 5.74) is 0.457. The van der Waals surface area contributed by atoms with Crippen LogP contribution in [0.4, 0.5) is 0 Å². The Hall–Kier alpha value is -4.64. The van der Waals surface area contributed by atoms with Crippen LogP contribution in [0.5, 0.6) is 11.5 Å². The van der Waals surface area contributed by atoms with Crippen LogP contribution in [0.15, 0.2) is 104 Å². The van der Waals surface area contributed by atoms with Gasteiger partial charge in [-0.25, -0.2) is 9.59 Å². The Kier molecular flexibility index (Phi) is 8.18. The van der Waals surface area contributed by atoms with Crippen molar-refractivity contribution in [3.63, 3.8) is 0 Å². The molecule has 39 heavy (non-hydrogen) atoms. The zero-order chi connectivity index (χ0) is 27.0. The molecule has 0 radical (unpaired) electrons. The number of fused-ring (bicyclic) bond motifs is 6. The Labute approximate surface area is 227 Å². The molecule has 0 atom stereocenters. The van der Waals surface area contributed by atoms with E-state index in [1.807, 2.05) is 36.4 Å². The lowest BCUT2D eigenvalue weighted by molar-refractivity contribution is -0.137. The summed E-state index contributed by atoms with van der Waals surface area (Å²) in [6.07, 6.45) is 4.82. The largest absolute Gasteiger partial charge is 0.494 e. The molecule has 0 saturated heterocycles. The van der Waals surface area contributed by atoms with E-state index >= 15 is 0 Å². The molecule has 0 heterocycles. The van der Waals surface area contributed by atoms with Crippen molar-refractivity contribution in [2.45, 2.75) is 25.7 Å². The van der Waals surface area contributed by atoms with E-state index in [9.17, 15) is 9.59 Å². The van der Waals surface area contributed by atoms with Crippen LogP contribution in [0.2, 0.25) is 0 Å². The second kappa shape index (κ2) is 12.3. The van der Waals surface area contributed by atoms with Crippen LogP contribution in [0.3, 0.4) is 0 Å². The van der Waals surface area contributed by atoms with Crippen molar-refractivity contribution in [2.75, 3.05) is 13.2 Å². The van der Waals surface area contributed by atoms with Gasteiger partial charge in [0, 0.05) is 11.5 Å². The number of unbranched alkanes of at least 4 members (excludes halogenated alkanes) is 3. The molecule has 5 aromatic carbocycles. The van der Waals surface area contributed by atoms with E-state index in [-0.39, 0.29) is 5.97 Å². The Bertz CT molecular complexity index is 1590. The Morgan fingerprint density at radius 1 is 0.641 bits per heavy atom. The van der Waals surface area contributed by atoms with Gasteiger partial charge in [-0.1, -0.05) is 67.2 Å². The molecule has 5 rings (SSSR count). The number of hydrogen-bond acceptors (Lipinski definition) is 5. The molecule has 0 saturated carbocycles. The van der Waals surface area contributed by atoms with Gasteiger partial charge in [0.1, 0.15) is 11.5 Å². The number of benzene rings is 5. The third kappa shape index (κ3) is 5.93. The van der Waals surface area contributed by atoms with Crippen LogP contribution >= 0.6 is 0 Å². The van der Waals surface area contributed by atoms with Crippen molar-refractivity contribution in [1.82, 2.24) is 0 Å². The first-order valence-corrected chi connectivity index (χ1v) is 13.2. The second-order valence-electron chi connectivity index (χ2n) is 9.32. The fraction of sp³-hybridized carbons (Fsp3) is 0.176. The third-order valence-electron chi connectivity index (χ3n) is 6.74. The average molecular weight is 519 g/mol. The standard InChI is InChI=1S/C34H30O5/c1-2-32(35)38-23-10-4-3-9-22-37-25-20-18-24(19-21-25)34(36)39-31-17-11-16-30-28-13-6-5-12-26(28)27-14-7-8-15-29(27)33(30)31/h2,5-8,11-21H,1,3-4,9-10,22-23H2. The van der Waals surface area contributed by atoms with Gasteiger partial charge in [0.2, 0.25) is 0 Å². The van der Waals surface area contributed by atoms with E-state index in [2.05, 4.69) is 36.9 Å². The Balaban J connectivity index is 1.23. The van der Waals surface area contributed by atoms with Gasteiger partial charge in [0.25, 0.3) is 0 Å². The van der Waals surface area contributed by atoms with Crippen LogP contribution in [-0.4, -0.2) is 25.2 Å². The molecule has 0 aliphatic rings. The van der Waals surface area contributed by atoms with Crippen LogP contribution < -0.4 is 9.47 Å². The van der Waals surface area contributed by atoms with Crippen molar-refractivity contribution in [3.05, 3.63) is 109 Å². The second-order valence-corrected chi connectivity index (χ2v) is 9.32. The van der Waals surface area contributed by atoms with Crippen molar-refractivity contribution < 1.29 is 23.8 Å². The smallest absolute Gasteiger partial charge is 0.343 e. The molecule has 0 aromatic heterocycles. The summed E-state index contributed by atoms with van der Waals surface area (Å²) in [7, 11) is 0. The summed E-state index contributed by atoms with van der Waals surface area (Å²) in [6.45, 7) is 4.36. The highest BCUT2D eigenvalue weighted by molar-refractivity contribution is 6.27. The Morgan fingerprint density at radius 2 is 1.21 bits per heavy atom. The van der Waals surface area contributed by atoms with Gasteiger partial charge in [-0.3, -0.25) is 0 Å². The quantitative estimate of drug-likeness (QED) is 0.0582. The molecule has 5 aromatic rings. The zero-order valence-corrected chi connectivity index (χ0v) is 21.7. The first-order chi connectivity index (χ1) is 19.2. The lowest BCUT2D eigenvalue weighted by Gasteiger charge is -2.14. The molecule has 0 aliphatic carbocycles. The van der Waals surface area contributed by atoms with Gasteiger partial charge in [-0.2, -0.15) is 0 Å². The molecule has 0 spiro atoms. The van der Waals surface area contributed by atoms with Gasteiger partial charge < -0.3 is 14.2 Å². The molecule has 5 heteroatoms. The molecule has 0 amide bonds. The van der Waals surface area contributed by atoms with Crippen molar-refractivity contribution in [3.8, 4) is 11.5 Å². The molecule has 0 N–H and O–H groups in total. The topological polar surface area (TPSA) is 61.8 Å². The highest BCUT2D eigenvalue weighted by atomic mass is 16.5. The van der Waals surface area contributed by atoms with Crippen molar-refractivity contribution in [2.24, 2.45) is 0 Å². The zero-order valence-electron chi connectivity index (χ0n) is 21.7. The first-order valence-electron chi connectivity index (χ1n) is 13.2.